The molecule has 3 rings (SSSR count). The van der Waals surface area contributed by atoms with Crippen molar-refractivity contribution < 1.29 is 9.53 Å². The van der Waals surface area contributed by atoms with Crippen LogP contribution in [0, 0.1) is 0 Å². The molecule has 0 radical (unpaired) electrons. The van der Waals surface area contributed by atoms with E-state index in [-0.39, 0.29) is 18.0 Å². The zero-order valence-electron chi connectivity index (χ0n) is 13.3. The van der Waals surface area contributed by atoms with E-state index in [1.54, 1.807) is 0 Å². The molecule has 2 unspecified atom stereocenters. The number of nitrogens with two attached hydrogens (primary N) is 1. The Morgan fingerprint density at radius 2 is 2.04 bits per heavy atom. The number of carbonyl (C=O) groups excluding carboxylic acids is 1. The van der Waals surface area contributed by atoms with Gasteiger partial charge in [0.05, 0.1) is 12.6 Å². The predicted octanol–water partition coefficient (Wildman–Crippen LogP) is 3.03. The van der Waals surface area contributed by atoms with Gasteiger partial charge in [-0.25, -0.2) is 0 Å². The van der Waals surface area contributed by atoms with Gasteiger partial charge in [-0.15, -0.1) is 0 Å². The van der Waals surface area contributed by atoms with E-state index in [1.807, 2.05) is 37.3 Å². The van der Waals surface area contributed by atoms with Crippen LogP contribution in [0.2, 0.25) is 0 Å². The minimum absolute atomic E-state index is 0.0111. The first kappa shape index (κ1) is 15.6. The highest BCUT2D eigenvalue weighted by Crippen LogP contribution is 2.39. The number of carbonyl (C=O) groups is 1. The fourth-order valence-electron chi connectivity index (χ4n) is 2.97. The first-order valence-electron chi connectivity index (χ1n) is 8.01. The Bertz CT molecular complexity index is 683. The Morgan fingerprint density at radius 3 is 2.78 bits per heavy atom. The largest absolute Gasteiger partial charge is 0.492 e. The summed E-state index contributed by atoms with van der Waals surface area (Å²) in [4.78, 5) is 12.1. The zero-order valence-corrected chi connectivity index (χ0v) is 13.3. The van der Waals surface area contributed by atoms with E-state index in [2.05, 4.69) is 23.5 Å². The van der Waals surface area contributed by atoms with Gasteiger partial charge >= 0.3 is 0 Å². The maximum Gasteiger partial charge on any atom is 0.222 e. The number of hydrogen-bond donors (Lipinski definition) is 2. The van der Waals surface area contributed by atoms with Crippen molar-refractivity contribution in [1.29, 1.82) is 0 Å². The second-order valence-electron chi connectivity index (χ2n) is 6.03. The number of amides is 1. The molecule has 0 aliphatic carbocycles. The third kappa shape index (κ3) is 3.54. The molecule has 0 saturated carbocycles. The van der Waals surface area contributed by atoms with Gasteiger partial charge in [0.25, 0.3) is 0 Å². The van der Waals surface area contributed by atoms with E-state index in [0.29, 0.717) is 13.0 Å². The SMILES string of the molecule is CC(N)CC(=O)NC1CCOc2c(-c3ccccc3)cccc21. The van der Waals surface area contributed by atoms with Crippen LogP contribution in [0.1, 0.15) is 31.4 Å². The fourth-order valence-corrected chi connectivity index (χ4v) is 2.97. The van der Waals surface area contributed by atoms with Gasteiger partial charge in [0, 0.05) is 30.0 Å². The Kier molecular flexibility index (Phi) is 4.63. The lowest BCUT2D eigenvalue weighted by molar-refractivity contribution is -0.122. The molecule has 0 bridgehead atoms. The van der Waals surface area contributed by atoms with Crippen LogP contribution in [0.15, 0.2) is 48.5 Å². The first-order chi connectivity index (χ1) is 11.1. The highest BCUT2D eigenvalue weighted by Gasteiger charge is 2.25. The molecule has 23 heavy (non-hydrogen) atoms. The maximum absolute atomic E-state index is 12.1. The summed E-state index contributed by atoms with van der Waals surface area (Å²) >= 11 is 0. The van der Waals surface area contributed by atoms with Crippen LogP contribution in [0.4, 0.5) is 0 Å². The highest BCUT2D eigenvalue weighted by atomic mass is 16.5. The van der Waals surface area contributed by atoms with Gasteiger partial charge in [0.1, 0.15) is 5.75 Å². The third-order valence-corrected chi connectivity index (χ3v) is 4.00. The van der Waals surface area contributed by atoms with Gasteiger partial charge in [0.15, 0.2) is 0 Å². The molecule has 120 valence electrons. The number of para-hydroxylation sites is 1. The van der Waals surface area contributed by atoms with Gasteiger partial charge in [0.2, 0.25) is 5.91 Å². The van der Waals surface area contributed by atoms with E-state index in [9.17, 15) is 4.79 Å². The van der Waals surface area contributed by atoms with E-state index >= 15 is 0 Å². The summed E-state index contributed by atoms with van der Waals surface area (Å²) in [7, 11) is 0. The van der Waals surface area contributed by atoms with Gasteiger partial charge in [-0.05, 0) is 12.5 Å². The van der Waals surface area contributed by atoms with Crippen molar-refractivity contribution in [2.45, 2.75) is 31.8 Å². The van der Waals surface area contributed by atoms with Crippen molar-refractivity contribution in [2.24, 2.45) is 5.73 Å². The summed E-state index contributed by atoms with van der Waals surface area (Å²) in [5.74, 6) is 0.860. The minimum atomic E-state index is -0.134. The Labute approximate surface area is 136 Å². The van der Waals surface area contributed by atoms with E-state index in [1.165, 1.54) is 0 Å². The molecule has 0 aromatic heterocycles. The summed E-state index contributed by atoms with van der Waals surface area (Å²) in [6.45, 7) is 2.44. The zero-order chi connectivity index (χ0) is 16.2. The molecule has 1 amide bonds. The average Bonchev–Trinajstić information content (AvgIpc) is 2.55. The second-order valence-corrected chi connectivity index (χ2v) is 6.03. The van der Waals surface area contributed by atoms with E-state index < -0.39 is 0 Å². The topological polar surface area (TPSA) is 64.4 Å². The minimum Gasteiger partial charge on any atom is -0.492 e. The second kappa shape index (κ2) is 6.84. The average molecular weight is 310 g/mol. The van der Waals surface area contributed by atoms with Crippen molar-refractivity contribution in [1.82, 2.24) is 5.32 Å². The number of rotatable bonds is 4. The summed E-state index contributed by atoms with van der Waals surface area (Å²) in [5.41, 5.74) is 8.93. The Balaban J connectivity index is 1.90. The van der Waals surface area contributed by atoms with Gasteiger partial charge in [-0.3, -0.25) is 4.79 Å². The third-order valence-electron chi connectivity index (χ3n) is 4.00. The van der Waals surface area contributed by atoms with Crippen molar-refractivity contribution in [3.63, 3.8) is 0 Å². The number of ether oxygens (including phenoxy) is 1. The van der Waals surface area contributed by atoms with Crippen LogP contribution >= 0.6 is 0 Å². The number of fused-ring (bicyclic) bond motifs is 1. The molecule has 2 aromatic rings. The summed E-state index contributed by atoms with van der Waals surface area (Å²) in [6, 6.07) is 16.1. The lowest BCUT2D eigenvalue weighted by Crippen LogP contribution is -2.35. The first-order valence-corrected chi connectivity index (χ1v) is 8.01. The van der Waals surface area contributed by atoms with Crippen LogP contribution in [0.3, 0.4) is 0 Å². The van der Waals surface area contributed by atoms with Crippen molar-refractivity contribution >= 4 is 5.91 Å². The summed E-state index contributed by atoms with van der Waals surface area (Å²) in [6.07, 6.45) is 1.11. The van der Waals surface area contributed by atoms with Crippen LogP contribution < -0.4 is 15.8 Å². The van der Waals surface area contributed by atoms with Crippen molar-refractivity contribution in [3.05, 3.63) is 54.1 Å². The molecule has 4 heteroatoms. The van der Waals surface area contributed by atoms with Crippen molar-refractivity contribution in [3.8, 4) is 16.9 Å². The smallest absolute Gasteiger partial charge is 0.222 e. The van der Waals surface area contributed by atoms with Crippen LogP contribution in [0.5, 0.6) is 5.75 Å². The lowest BCUT2D eigenvalue weighted by Gasteiger charge is -2.28. The normalized spacial score (nSPS) is 17.7. The van der Waals surface area contributed by atoms with Crippen molar-refractivity contribution in [2.75, 3.05) is 6.61 Å². The molecule has 1 aliphatic heterocycles. The molecular weight excluding hydrogens is 288 g/mol. The monoisotopic (exact) mass is 310 g/mol. The summed E-state index contributed by atoms with van der Waals surface area (Å²) < 4.78 is 5.93. The highest BCUT2D eigenvalue weighted by molar-refractivity contribution is 5.78. The van der Waals surface area contributed by atoms with Crippen LogP contribution in [0.25, 0.3) is 11.1 Å². The quantitative estimate of drug-likeness (QED) is 0.912. The molecule has 3 N–H and O–H groups in total. The molecule has 4 nitrogen and oxygen atoms in total. The molecule has 0 fully saturated rings. The Hall–Kier alpha value is -2.33. The lowest BCUT2D eigenvalue weighted by atomic mass is 9.94. The molecule has 1 aliphatic rings. The van der Waals surface area contributed by atoms with Gasteiger partial charge < -0.3 is 15.8 Å². The number of benzene rings is 2. The predicted molar refractivity (Wildman–Crippen MR) is 91.1 cm³/mol. The van der Waals surface area contributed by atoms with Gasteiger partial charge in [-0.2, -0.15) is 0 Å². The molecule has 2 aromatic carbocycles. The number of hydrogen-bond acceptors (Lipinski definition) is 3. The molecular formula is C19H22N2O2. The number of nitrogens with one attached hydrogen (secondary N) is 1. The molecule has 1 heterocycles. The standard InChI is InChI=1S/C19H22N2O2/c1-13(20)12-18(22)21-17-10-11-23-19-15(8-5-9-16(17)19)14-6-3-2-4-7-14/h2-9,13,17H,10-12,20H2,1H3,(H,21,22). The fraction of sp³-hybridized carbons (Fsp3) is 0.316. The maximum atomic E-state index is 12.1. The van der Waals surface area contributed by atoms with E-state index in [0.717, 1.165) is 28.9 Å². The van der Waals surface area contributed by atoms with Gasteiger partial charge in [-0.1, -0.05) is 48.5 Å². The Morgan fingerprint density at radius 1 is 1.26 bits per heavy atom. The van der Waals surface area contributed by atoms with E-state index in [4.69, 9.17) is 10.5 Å². The molecule has 0 spiro atoms. The van der Waals surface area contributed by atoms with Crippen LogP contribution in [-0.4, -0.2) is 18.6 Å². The van der Waals surface area contributed by atoms with Crippen LogP contribution in [-0.2, 0) is 4.79 Å². The summed E-state index contributed by atoms with van der Waals surface area (Å²) in [5, 5.41) is 3.09. The molecule has 0 saturated heterocycles. The molecule has 2 atom stereocenters.